The predicted octanol–water partition coefficient (Wildman–Crippen LogP) is 2.64. The Balaban J connectivity index is 1.90. The average Bonchev–Trinajstić information content (AvgIpc) is 2.88. The number of aromatic amines is 1. The van der Waals surface area contributed by atoms with Gasteiger partial charge in [0.2, 0.25) is 0 Å². The summed E-state index contributed by atoms with van der Waals surface area (Å²) in [6, 6.07) is 12.9. The van der Waals surface area contributed by atoms with Gasteiger partial charge in [-0.1, -0.05) is 24.3 Å². The first-order valence-electron chi connectivity index (χ1n) is 7.57. The number of benzene rings is 1. The van der Waals surface area contributed by atoms with Gasteiger partial charge in [0, 0.05) is 24.4 Å². The third-order valence-corrected chi connectivity index (χ3v) is 3.84. The molecule has 0 unspecified atom stereocenters. The maximum absolute atomic E-state index is 12.3. The van der Waals surface area contributed by atoms with Crippen LogP contribution in [-0.2, 0) is 7.05 Å². The number of nitrogens with one attached hydrogen (secondary N) is 2. The molecule has 2 heterocycles. The zero-order valence-electron chi connectivity index (χ0n) is 13.8. The van der Waals surface area contributed by atoms with Gasteiger partial charge in [-0.15, -0.1) is 0 Å². The Kier molecular flexibility index (Phi) is 4.04. The lowest BCUT2D eigenvalue weighted by Crippen LogP contribution is -2.24. The van der Waals surface area contributed by atoms with E-state index < -0.39 is 11.5 Å². The number of H-pyrrole nitrogens is 1. The van der Waals surface area contributed by atoms with Crippen molar-refractivity contribution in [3.05, 3.63) is 69.6 Å². The van der Waals surface area contributed by atoms with Gasteiger partial charge in [-0.05, 0) is 31.5 Å². The van der Waals surface area contributed by atoms with Gasteiger partial charge in [-0.25, -0.2) is 0 Å². The van der Waals surface area contributed by atoms with Crippen LogP contribution in [0, 0.1) is 13.8 Å². The van der Waals surface area contributed by atoms with Crippen LogP contribution in [-0.4, -0.2) is 20.7 Å². The number of carbonyl (C=O) groups excluding carboxylic acids is 1. The van der Waals surface area contributed by atoms with Gasteiger partial charge in [0.25, 0.3) is 11.5 Å². The molecule has 0 radical (unpaired) electrons. The normalized spacial score (nSPS) is 10.6. The molecule has 2 N–H and O–H groups in total. The molecule has 0 bridgehead atoms. The first-order valence-corrected chi connectivity index (χ1v) is 7.57. The van der Waals surface area contributed by atoms with Crippen LogP contribution >= 0.6 is 0 Å². The standard InChI is InChI=1S/C18H18N4O2/c1-11-6-4-5-7-13(11)15-10-16(22(3)21-15)20-18(24)14-9-8-12(2)19-17(14)23/h4-10H,1-3H3,(H,19,23)(H,20,24). The minimum absolute atomic E-state index is 0.0687. The van der Waals surface area contributed by atoms with E-state index in [4.69, 9.17) is 0 Å². The van der Waals surface area contributed by atoms with Crippen LogP contribution in [0.5, 0.6) is 0 Å². The van der Waals surface area contributed by atoms with Crippen molar-refractivity contribution in [1.29, 1.82) is 0 Å². The lowest BCUT2D eigenvalue weighted by atomic mass is 10.1. The van der Waals surface area contributed by atoms with E-state index in [1.54, 1.807) is 30.8 Å². The lowest BCUT2D eigenvalue weighted by molar-refractivity contribution is 0.102. The third kappa shape index (κ3) is 2.99. The van der Waals surface area contributed by atoms with Crippen LogP contribution in [0.1, 0.15) is 21.6 Å². The Hall–Kier alpha value is -3.15. The summed E-state index contributed by atoms with van der Waals surface area (Å²) >= 11 is 0. The van der Waals surface area contributed by atoms with Crippen LogP contribution < -0.4 is 10.9 Å². The summed E-state index contributed by atoms with van der Waals surface area (Å²) in [4.78, 5) is 26.8. The fourth-order valence-corrected chi connectivity index (χ4v) is 2.51. The molecule has 1 aromatic carbocycles. The summed E-state index contributed by atoms with van der Waals surface area (Å²) < 4.78 is 1.59. The van der Waals surface area contributed by atoms with Crippen LogP contribution in [0.3, 0.4) is 0 Å². The molecule has 0 atom stereocenters. The number of aromatic nitrogens is 3. The van der Waals surface area contributed by atoms with E-state index in [1.165, 1.54) is 6.07 Å². The maximum atomic E-state index is 12.3. The highest BCUT2D eigenvalue weighted by Gasteiger charge is 2.15. The summed E-state index contributed by atoms with van der Waals surface area (Å²) in [5.74, 6) is 0.0637. The van der Waals surface area contributed by atoms with Crippen molar-refractivity contribution in [3.8, 4) is 11.3 Å². The summed E-state index contributed by atoms with van der Waals surface area (Å²) in [5.41, 5.74) is 3.24. The van der Waals surface area contributed by atoms with Crippen molar-refractivity contribution in [3.63, 3.8) is 0 Å². The van der Waals surface area contributed by atoms with Gasteiger partial charge in [-0.3, -0.25) is 14.3 Å². The monoisotopic (exact) mass is 322 g/mol. The van der Waals surface area contributed by atoms with E-state index in [9.17, 15) is 9.59 Å². The molecule has 0 spiro atoms. The Labute approximate surface area is 139 Å². The largest absolute Gasteiger partial charge is 0.326 e. The molecule has 122 valence electrons. The van der Waals surface area contributed by atoms with Gasteiger partial charge >= 0.3 is 0 Å². The number of hydrogen-bond donors (Lipinski definition) is 2. The minimum atomic E-state index is -0.462. The number of carbonyl (C=O) groups is 1. The predicted molar refractivity (Wildman–Crippen MR) is 93.1 cm³/mol. The summed E-state index contributed by atoms with van der Waals surface area (Å²) in [5, 5.41) is 7.18. The molecule has 24 heavy (non-hydrogen) atoms. The highest BCUT2D eigenvalue weighted by molar-refractivity contribution is 6.03. The molecular weight excluding hydrogens is 304 g/mol. The molecule has 3 aromatic rings. The molecule has 6 heteroatoms. The van der Waals surface area contributed by atoms with Crippen LogP contribution in [0.15, 0.2) is 47.3 Å². The molecule has 0 aliphatic carbocycles. The highest BCUT2D eigenvalue weighted by Crippen LogP contribution is 2.24. The second-order valence-corrected chi connectivity index (χ2v) is 5.69. The van der Waals surface area contributed by atoms with Crippen molar-refractivity contribution in [2.24, 2.45) is 7.05 Å². The lowest BCUT2D eigenvalue weighted by Gasteiger charge is -2.04. The first-order chi connectivity index (χ1) is 11.5. The van der Waals surface area contributed by atoms with Gasteiger partial charge in [-0.2, -0.15) is 5.10 Å². The SMILES string of the molecule is Cc1ccc(C(=O)Nc2cc(-c3ccccc3C)nn2C)c(=O)[nH]1. The molecule has 0 saturated carbocycles. The highest BCUT2D eigenvalue weighted by atomic mass is 16.2. The number of amides is 1. The van der Waals surface area contributed by atoms with Gasteiger partial charge in [0.1, 0.15) is 11.4 Å². The van der Waals surface area contributed by atoms with Crippen LogP contribution in [0.2, 0.25) is 0 Å². The van der Waals surface area contributed by atoms with Crippen molar-refractivity contribution >= 4 is 11.7 Å². The van der Waals surface area contributed by atoms with Crippen molar-refractivity contribution in [1.82, 2.24) is 14.8 Å². The smallest absolute Gasteiger partial charge is 0.262 e. The quantitative estimate of drug-likeness (QED) is 0.778. The number of aryl methyl sites for hydroxylation is 3. The summed E-state index contributed by atoms with van der Waals surface area (Å²) in [6.07, 6.45) is 0. The van der Waals surface area contributed by atoms with Crippen molar-refractivity contribution < 1.29 is 4.79 Å². The zero-order valence-corrected chi connectivity index (χ0v) is 13.8. The molecule has 2 aromatic heterocycles. The van der Waals surface area contributed by atoms with E-state index in [0.717, 1.165) is 16.8 Å². The zero-order chi connectivity index (χ0) is 17.3. The Morgan fingerprint density at radius 2 is 1.92 bits per heavy atom. The minimum Gasteiger partial charge on any atom is -0.326 e. The van der Waals surface area contributed by atoms with E-state index in [2.05, 4.69) is 15.4 Å². The molecule has 0 aliphatic heterocycles. The number of hydrogen-bond acceptors (Lipinski definition) is 3. The number of nitrogens with zero attached hydrogens (tertiary/aromatic N) is 2. The topological polar surface area (TPSA) is 79.8 Å². The maximum Gasteiger partial charge on any atom is 0.262 e. The second-order valence-electron chi connectivity index (χ2n) is 5.69. The van der Waals surface area contributed by atoms with E-state index in [1.807, 2.05) is 31.2 Å². The molecule has 3 rings (SSSR count). The van der Waals surface area contributed by atoms with E-state index >= 15 is 0 Å². The summed E-state index contributed by atoms with van der Waals surface area (Å²) in [6.45, 7) is 3.77. The van der Waals surface area contributed by atoms with Gasteiger partial charge in [0.15, 0.2) is 0 Å². The molecule has 0 aliphatic rings. The van der Waals surface area contributed by atoms with E-state index in [0.29, 0.717) is 11.5 Å². The van der Waals surface area contributed by atoms with Gasteiger partial charge in [0.05, 0.1) is 5.69 Å². The fraction of sp³-hybridized carbons (Fsp3) is 0.167. The Morgan fingerprint density at radius 1 is 1.17 bits per heavy atom. The number of anilines is 1. The van der Waals surface area contributed by atoms with E-state index in [-0.39, 0.29) is 5.56 Å². The fourth-order valence-electron chi connectivity index (χ4n) is 2.51. The van der Waals surface area contributed by atoms with Gasteiger partial charge < -0.3 is 10.3 Å². The molecule has 0 saturated heterocycles. The van der Waals surface area contributed by atoms with Crippen LogP contribution in [0.4, 0.5) is 5.82 Å². The first kappa shape index (κ1) is 15.7. The molecule has 1 amide bonds. The average molecular weight is 322 g/mol. The number of pyridine rings is 1. The third-order valence-electron chi connectivity index (χ3n) is 3.84. The Bertz CT molecular complexity index is 969. The molecular formula is C18H18N4O2. The van der Waals surface area contributed by atoms with Crippen molar-refractivity contribution in [2.75, 3.05) is 5.32 Å². The Morgan fingerprint density at radius 3 is 2.62 bits per heavy atom. The number of rotatable bonds is 3. The van der Waals surface area contributed by atoms with Crippen molar-refractivity contribution in [2.45, 2.75) is 13.8 Å². The molecule has 0 fully saturated rings. The summed E-state index contributed by atoms with van der Waals surface area (Å²) in [7, 11) is 1.75. The molecule has 6 nitrogen and oxygen atoms in total. The second kappa shape index (κ2) is 6.16. The van der Waals surface area contributed by atoms with Crippen LogP contribution in [0.25, 0.3) is 11.3 Å².